The Labute approximate surface area is 219 Å². The van der Waals surface area contributed by atoms with E-state index in [2.05, 4.69) is 11.9 Å². The van der Waals surface area contributed by atoms with Crippen LogP contribution in [-0.2, 0) is 21.3 Å². The van der Waals surface area contributed by atoms with E-state index in [1.807, 2.05) is 17.6 Å². The van der Waals surface area contributed by atoms with Crippen LogP contribution in [0.2, 0.25) is 10.0 Å². The lowest BCUT2D eigenvalue weighted by molar-refractivity contribution is 0.0996. The van der Waals surface area contributed by atoms with E-state index in [9.17, 15) is 13.2 Å². The molecule has 0 bridgehead atoms. The van der Waals surface area contributed by atoms with Crippen LogP contribution in [0.25, 0.3) is 10.2 Å². The molecule has 35 heavy (non-hydrogen) atoms. The molecule has 1 aliphatic rings. The second kappa shape index (κ2) is 11.1. The Morgan fingerprint density at radius 1 is 1.20 bits per heavy atom. The first-order valence-corrected chi connectivity index (χ1v) is 14.5. The Morgan fingerprint density at radius 3 is 2.63 bits per heavy atom. The van der Waals surface area contributed by atoms with Crippen LogP contribution in [0.3, 0.4) is 0 Å². The predicted octanol–water partition coefficient (Wildman–Crippen LogP) is 5.21. The number of fused-ring (bicyclic) bond motifs is 1. The Balaban J connectivity index is 1.65. The summed E-state index contributed by atoms with van der Waals surface area (Å²) >= 11 is 14.0. The summed E-state index contributed by atoms with van der Waals surface area (Å²) in [6, 6.07) is 9.52. The van der Waals surface area contributed by atoms with E-state index < -0.39 is 15.9 Å². The number of benzene rings is 2. The van der Waals surface area contributed by atoms with Gasteiger partial charge in [0.05, 0.1) is 31.8 Å². The van der Waals surface area contributed by atoms with Crippen LogP contribution in [0.1, 0.15) is 37.0 Å². The van der Waals surface area contributed by atoms with Crippen LogP contribution in [0.5, 0.6) is 0 Å². The number of piperidine rings is 1. The van der Waals surface area contributed by atoms with Gasteiger partial charge in [0.15, 0.2) is 4.80 Å². The maximum atomic E-state index is 13.0. The van der Waals surface area contributed by atoms with Crippen molar-refractivity contribution in [3.8, 4) is 0 Å². The zero-order chi connectivity index (χ0) is 25.2. The fourth-order valence-electron chi connectivity index (χ4n) is 4.13. The number of sulfonamides is 1. The third-order valence-electron chi connectivity index (χ3n) is 5.95. The Hall–Kier alpha value is -1.75. The summed E-state index contributed by atoms with van der Waals surface area (Å²) in [6.45, 7) is 6.43. The summed E-state index contributed by atoms with van der Waals surface area (Å²) in [6.07, 6.45) is 1.88. The number of thiazole rings is 1. The molecule has 0 N–H and O–H groups in total. The first kappa shape index (κ1) is 26.3. The van der Waals surface area contributed by atoms with Crippen molar-refractivity contribution in [2.24, 2.45) is 10.9 Å². The van der Waals surface area contributed by atoms with Gasteiger partial charge in [0.25, 0.3) is 5.91 Å². The molecule has 1 aliphatic heterocycles. The molecule has 1 unspecified atom stereocenters. The third kappa shape index (κ3) is 5.65. The topological polar surface area (TPSA) is 81.0 Å². The maximum Gasteiger partial charge on any atom is 0.279 e. The smallest absolute Gasteiger partial charge is 0.279 e. The third-order valence-corrected chi connectivity index (χ3v) is 9.67. The lowest BCUT2D eigenvalue weighted by atomic mass is 10.0. The molecule has 11 heteroatoms. The average molecular weight is 557 g/mol. The van der Waals surface area contributed by atoms with Crippen LogP contribution in [0.15, 0.2) is 46.3 Å². The molecule has 3 aromatic rings. The highest BCUT2D eigenvalue weighted by Crippen LogP contribution is 2.32. The Morgan fingerprint density at radius 2 is 1.94 bits per heavy atom. The molecular formula is C24H27Cl2N3O4S2. The lowest BCUT2D eigenvalue weighted by Gasteiger charge is -2.30. The van der Waals surface area contributed by atoms with Gasteiger partial charge < -0.3 is 9.30 Å². The number of carbonyl (C=O) groups is 1. The summed E-state index contributed by atoms with van der Waals surface area (Å²) in [7, 11) is -3.59. The first-order valence-electron chi connectivity index (χ1n) is 11.5. The lowest BCUT2D eigenvalue weighted by Crippen LogP contribution is -2.39. The molecule has 188 valence electrons. The molecule has 2 aromatic carbocycles. The fourth-order valence-corrected chi connectivity index (χ4v) is 7.27. The van der Waals surface area contributed by atoms with Gasteiger partial charge in [-0.05, 0) is 62.1 Å². The molecule has 0 aliphatic carbocycles. The monoisotopic (exact) mass is 555 g/mol. The molecule has 1 atom stereocenters. The van der Waals surface area contributed by atoms with Crippen LogP contribution in [-0.4, -0.2) is 49.5 Å². The van der Waals surface area contributed by atoms with E-state index in [4.69, 9.17) is 27.9 Å². The van der Waals surface area contributed by atoms with Gasteiger partial charge in [0.1, 0.15) is 0 Å². The minimum atomic E-state index is -3.59. The van der Waals surface area contributed by atoms with Gasteiger partial charge in [-0.2, -0.15) is 9.30 Å². The molecular weight excluding hydrogens is 529 g/mol. The van der Waals surface area contributed by atoms with E-state index in [0.717, 1.165) is 17.5 Å². The zero-order valence-electron chi connectivity index (χ0n) is 19.5. The van der Waals surface area contributed by atoms with Crippen molar-refractivity contribution in [3.63, 3.8) is 0 Å². The van der Waals surface area contributed by atoms with Crippen molar-refractivity contribution >= 4 is 60.7 Å². The van der Waals surface area contributed by atoms with Gasteiger partial charge in [-0.25, -0.2) is 8.42 Å². The SMILES string of the molecule is CCOCCn1c(=NC(=O)c2ccc(S(=O)(=O)N3CCCC(C)C3)cc2)sc2ccc(Cl)c(Cl)c21. The fraction of sp³-hybridized carbons (Fsp3) is 0.417. The van der Waals surface area contributed by atoms with Crippen molar-refractivity contribution in [3.05, 3.63) is 56.8 Å². The van der Waals surface area contributed by atoms with Gasteiger partial charge in [-0.15, -0.1) is 0 Å². The number of hydrogen-bond acceptors (Lipinski definition) is 5. The van der Waals surface area contributed by atoms with Crippen molar-refractivity contribution in [2.75, 3.05) is 26.3 Å². The van der Waals surface area contributed by atoms with Crippen molar-refractivity contribution in [1.82, 2.24) is 8.87 Å². The Bertz CT molecular complexity index is 1400. The summed E-state index contributed by atoms with van der Waals surface area (Å²) in [4.78, 5) is 18.0. The molecule has 0 radical (unpaired) electrons. The molecule has 1 aromatic heterocycles. The van der Waals surface area contributed by atoms with E-state index in [1.165, 1.54) is 39.9 Å². The quantitative estimate of drug-likeness (QED) is 0.375. The number of halogens is 2. The van der Waals surface area contributed by atoms with E-state index in [0.29, 0.717) is 64.7 Å². The average Bonchev–Trinajstić information content (AvgIpc) is 3.19. The van der Waals surface area contributed by atoms with Gasteiger partial charge in [-0.3, -0.25) is 4.79 Å². The minimum Gasteiger partial charge on any atom is -0.380 e. The molecule has 0 spiro atoms. The second-order valence-corrected chi connectivity index (χ2v) is 12.2. The number of nitrogens with zero attached hydrogens (tertiary/aromatic N) is 3. The van der Waals surface area contributed by atoms with Crippen LogP contribution < -0.4 is 4.80 Å². The highest BCUT2D eigenvalue weighted by molar-refractivity contribution is 7.89. The van der Waals surface area contributed by atoms with Crippen molar-refractivity contribution in [2.45, 2.75) is 38.1 Å². The van der Waals surface area contributed by atoms with Gasteiger partial charge >= 0.3 is 0 Å². The number of amides is 1. The standard InChI is InChI=1S/C24H27Cl2N3O4S2/c1-3-33-14-13-29-22-20(11-10-19(25)21(22)26)34-24(29)27-23(30)17-6-8-18(9-7-17)35(31,32)28-12-4-5-16(2)15-28/h6-11,16H,3-5,12-15H2,1-2H3. The maximum absolute atomic E-state index is 13.0. The van der Waals surface area contributed by atoms with Crippen LogP contribution in [0.4, 0.5) is 0 Å². The summed E-state index contributed by atoms with van der Waals surface area (Å²) < 4.78 is 35.7. The van der Waals surface area contributed by atoms with Gasteiger partial charge in [-0.1, -0.05) is 41.5 Å². The largest absolute Gasteiger partial charge is 0.380 e. The molecule has 2 heterocycles. The van der Waals surface area contributed by atoms with Crippen LogP contribution in [0, 0.1) is 5.92 Å². The van der Waals surface area contributed by atoms with Crippen molar-refractivity contribution in [1.29, 1.82) is 0 Å². The molecule has 7 nitrogen and oxygen atoms in total. The molecule has 1 saturated heterocycles. The molecule has 1 amide bonds. The van der Waals surface area contributed by atoms with Crippen LogP contribution >= 0.6 is 34.5 Å². The van der Waals surface area contributed by atoms with E-state index >= 15 is 0 Å². The number of carbonyl (C=O) groups excluding carboxylic acids is 1. The normalized spacial score (nSPS) is 17.8. The molecule has 0 saturated carbocycles. The van der Waals surface area contributed by atoms with Gasteiger partial charge in [0, 0.05) is 31.8 Å². The number of hydrogen-bond donors (Lipinski definition) is 0. The predicted molar refractivity (Wildman–Crippen MR) is 140 cm³/mol. The summed E-state index contributed by atoms with van der Waals surface area (Å²) in [5.41, 5.74) is 1.00. The number of ether oxygens (including phenoxy) is 1. The minimum absolute atomic E-state index is 0.179. The molecule has 1 fully saturated rings. The highest BCUT2D eigenvalue weighted by Gasteiger charge is 2.28. The van der Waals surface area contributed by atoms with E-state index in [1.54, 1.807) is 6.07 Å². The Kier molecular flexibility index (Phi) is 8.35. The van der Waals surface area contributed by atoms with E-state index in [-0.39, 0.29) is 4.90 Å². The molecule has 4 rings (SSSR count). The highest BCUT2D eigenvalue weighted by atomic mass is 35.5. The number of aromatic nitrogens is 1. The summed E-state index contributed by atoms with van der Waals surface area (Å²) in [5, 5.41) is 0.812. The van der Waals surface area contributed by atoms with Gasteiger partial charge in [0.2, 0.25) is 10.0 Å². The second-order valence-electron chi connectivity index (χ2n) is 8.49. The summed E-state index contributed by atoms with van der Waals surface area (Å²) in [5.74, 6) is -0.142. The number of rotatable bonds is 7. The zero-order valence-corrected chi connectivity index (χ0v) is 22.7. The first-order chi connectivity index (χ1) is 16.7. The van der Waals surface area contributed by atoms with Crippen molar-refractivity contribution < 1.29 is 17.9 Å².